The van der Waals surface area contributed by atoms with E-state index < -0.39 is 0 Å². The molecule has 0 fully saturated rings. The lowest BCUT2D eigenvalue weighted by Crippen LogP contribution is -2.12. The summed E-state index contributed by atoms with van der Waals surface area (Å²) in [5.74, 6) is 0.126. The molecule has 0 saturated carbocycles. The SMILES string of the molecule is N=C(N)Cc1cnn2cccnc12. The second-order valence-corrected chi connectivity index (χ2v) is 2.76. The summed E-state index contributed by atoms with van der Waals surface area (Å²) in [5.41, 5.74) is 6.94. The third-order valence-corrected chi connectivity index (χ3v) is 1.73. The largest absolute Gasteiger partial charge is 0.387 e. The summed E-state index contributed by atoms with van der Waals surface area (Å²) >= 11 is 0. The minimum Gasteiger partial charge on any atom is -0.387 e. The molecule has 0 aliphatic heterocycles. The maximum atomic E-state index is 7.16. The number of rotatable bonds is 2. The van der Waals surface area contributed by atoms with Gasteiger partial charge in [0.1, 0.15) is 0 Å². The quantitative estimate of drug-likeness (QED) is 0.505. The van der Waals surface area contributed by atoms with Gasteiger partial charge in [-0.2, -0.15) is 5.10 Å². The van der Waals surface area contributed by atoms with Crippen LogP contribution in [0.15, 0.2) is 24.7 Å². The second-order valence-electron chi connectivity index (χ2n) is 2.76. The summed E-state index contributed by atoms with van der Waals surface area (Å²) in [4.78, 5) is 4.14. The number of nitrogens with zero attached hydrogens (tertiary/aromatic N) is 3. The van der Waals surface area contributed by atoms with E-state index in [1.807, 2.05) is 6.20 Å². The van der Waals surface area contributed by atoms with Crippen LogP contribution in [0.1, 0.15) is 5.56 Å². The monoisotopic (exact) mass is 175 g/mol. The molecule has 2 aromatic heterocycles. The Morgan fingerprint density at radius 2 is 2.46 bits per heavy atom. The number of nitrogens with two attached hydrogens (primary N) is 1. The van der Waals surface area contributed by atoms with Crippen molar-refractivity contribution in [3.8, 4) is 0 Å². The molecule has 0 unspecified atom stereocenters. The molecule has 66 valence electrons. The van der Waals surface area contributed by atoms with Crippen LogP contribution in [0.3, 0.4) is 0 Å². The number of hydrogen-bond acceptors (Lipinski definition) is 3. The van der Waals surface area contributed by atoms with E-state index in [0.717, 1.165) is 11.2 Å². The molecule has 13 heavy (non-hydrogen) atoms. The van der Waals surface area contributed by atoms with Crippen LogP contribution >= 0.6 is 0 Å². The molecule has 5 nitrogen and oxygen atoms in total. The summed E-state index contributed by atoms with van der Waals surface area (Å²) in [6.07, 6.45) is 5.59. The Morgan fingerprint density at radius 3 is 3.23 bits per heavy atom. The molecule has 0 aliphatic rings. The van der Waals surface area contributed by atoms with E-state index in [0.29, 0.717) is 6.42 Å². The Hall–Kier alpha value is -1.91. The zero-order valence-corrected chi connectivity index (χ0v) is 6.94. The van der Waals surface area contributed by atoms with Gasteiger partial charge in [-0.15, -0.1) is 0 Å². The summed E-state index contributed by atoms with van der Waals surface area (Å²) in [7, 11) is 0. The van der Waals surface area contributed by atoms with Gasteiger partial charge in [-0.1, -0.05) is 0 Å². The third kappa shape index (κ3) is 1.35. The summed E-state index contributed by atoms with van der Waals surface area (Å²) in [6, 6.07) is 1.80. The molecule has 0 aliphatic carbocycles. The lowest BCUT2D eigenvalue weighted by molar-refractivity contribution is 0.939. The number of aromatic nitrogens is 3. The highest BCUT2D eigenvalue weighted by Gasteiger charge is 2.04. The van der Waals surface area contributed by atoms with E-state index in [2.05, 4.69) is 10.1 Å². The van der Waals surface area contributed by atoms with Gasteiger partial charge in [0.05, 0.1) is 12.0 Å². The van der Waals surface area contributed by atoms with Gasteiger partial charge in [0.2, 0.25) is 0 Å². The maximum absolute atomic E-state index is 7.16. The Kier molecular flexibility index (Phi) is 1.70. The van der Waals surface area contributed by atoms with Crippen LogP contribution in [0, 0.1) is 5.41 Å². The van der Waals surface area contributed by atoms with Crippen molar-refractivity contribution in [1.29, 1.82) is 5.41 Å². The standard InChI is InChI=1S/C8H9N5/c9-7(10)4-6-5-12-13-3-1-2-11-8(6)13/h1-3,5H,4H2,(H3,9,10). The average molecular weight is 175 g/mol. The highest BCUT2D eigenvalue weighted by Crippen LogP contribution is 2.06. The van der Waals surface area contributed by atoms with Crippen molar-refractivity contribution >= 4 is 11.5 Å². The number of fused-ring (bicyclic) bond motifs is 1. The van der Waals surface area contributed by atoms with Crippen LogP contribution in [0.4, 0.5) is 0 Å². The van der Waals surface area contributed by atoms with Gasteiger partial charge >= 0.3 is 0 Å². The van der Waals surface area contributed by atoms with Crippen LogP contribution < -0.4 is 5.73 Å². The van der Waals surface area contributed by atoms with Gasteiger partial charge in [0.25, 0.3) is 0 Å². The van der Waals surface area contributed by atoms with Crippen molar-refractivity contribution in [2.24, 2.45) is 5.73 Å². The second kappa shape index (κ2) is 2.85. The van der Waals surface area contributed by atoms with Crippen LogP contribution in [-0.4, -0.2) is 20.4 Å². The van der Waals surface area contributed by atoms with Gasteiger partial charge in [-0.25, -0.2) is 9.50 Å². The van der Waals surface area contributed by atoms with Crippen LogP contribution in [0.2, 0.25) is 0 Å². The van der Waals surface area contributed by atoms with E-state index in [1.54, 1.807) is 23.0 Å². The van der Waals surface area contributed by atoms with Crippen LogP contribution in [0.5, 0.6) is 0 Å². The van der Waals surface area contributed by atoms with Gasteiger partial charge in [-0.3, -0.25) is 5.41 Å². The zero-order chi connectivity index (χ0) is 9.26. The predicted molar refractivity (Wildman–Crippen MR) is 48.6 cm³/mol. The first-order valence-corrected chi connectivity index (χ1v) is 3.87. The molecule has 0 amide bonds. The smallest absolute Gasteiger partial charge is 0.158 e. The minimum atomic E-state index is 0.126. The van der Waals surface area contributed by atoms with Crippen molar-refractivity contribution in [2.45, 2.75) is 6.42 Å². The molecule has 0 spiro atoms. The van der Waals surface area contributed by atoms with Crippen molar-refractivity contribution < 1.29 is 0 Å². The topological polar surface area (TPSA) is 80.1 Å². The predicted octanol–water partition coefficient (Wildman–Crippen LogP) is 0.208. The molecule has 2 rings (SSSR count). The van der Waals surface area contributed by atoms with Gasteiger partial charge in [0.15, 0.2) is 5.65 Å². The van der Waals surface area contributed by atoms with Crippen molar-refractivity contribution in [2.75, 3.05) is 0 Å². The number of amidine groups is 1. The molecule has 2 aromatic rings. The van der Waals surface area contributed by atoms with Crippen LogP contribution in [-0.2, 0) is 6.42 Å². The normalized spacial score (nSPS) is 10.5. The lowest BCUT2D eigenvalue weighted by atomic mass is 10.2. The minimum absolute atomic E-state index is 0.126. The van der Waals surface area contributed by atoms with Gasteiger partial charge in [0, 0.05) is 24.4 Å². The van der Waals surface area contributed by atoms with Crippen molar-refractivity contribution in [1.82, 2.24) is 14.6 Å². The van der Waals surface area contributed by atoms with E-state index >= 15 is 0 Å². The molecule has 0 radical (unpaired) electrons. The molecule has 0 aromatic carbocycles. The highest BCUT2D eigenvalue weighted by atomic mass is 15.2. The summed E-state index contributed by atoms with van der Waals surface area (Å²) < 4.78 is 1.66. The fourth-order valence-corrected chi connectivity index (χ4v) is 1.21. The highest BCUT2D eigenvalue weighted by molar-refractivity contribution is 5.81. The average Bonchev–Trinajstić information content (AvgIpc) is 2.48. The first-order valence-electron chi connectivity index (χ1n) is 3.87. The van der Waals surface area contributed by atoms with Crippen LogP contribution in [0.25, 0.3) is 5.65 Å². The Bertz CT molecular complexity index is 444. The zero-order valence-electron chi connectivity index (χ0n) is 6.94. The number of hydrogen-bond donors (Lipinski definition) is 2. The molecule has 2 heterocycles. The van der Waals surface area contributed by atoms with Gasteiger partial charge < -0.3 is 5.73 Å². The lowest BCUT2D eigenvalue weighted by Gasteiger charge is -1.94. The van der Waals surface area contributed by atoms with E-state index in [-0.39, 0.29) is 5.84 Å². The van der Waals surface area contributed by atoms with E-state index in [1.165, 1.54) is 0 Å². The van der Waals surface area contributed by atoms with Crippen molar-refractivity contribution in [3.63, 3.8) is 0 Å². The molecular formula is C8H9N5. The van der Waals surface area contributed by atoms with E-state index in [4.69, 9.17) is 11.1 Å². The number of nitrogens with one attached hydrogen (secondary N) is 1. The Balaban J connectivity index is 2.51. The molecule has 0 bridgehead atoms. The summed E-state index contributed by atoms with van der Waals surface area (Å²) in [5, 5.41) is 11.2. The van der Waals surface area contributed by atoms with Crippen molar-refractivity contribution in [3.05, 3.63) is 30.2 Å². The fourth-order valence-electron chi connectivity index (χ4n) is 1.21. The van der Waals surface area contributed by atoms with Gasteiger partial charge in [-0.05, 0) is 6.07 Å². The molecule has 0 saturated heterocycles. The maximum Gasteiger partial charge on any atom is 0.158 e. The van der Waals surface area contributed by atoms with E-state index in [9.17, 15) is 0 Å². The molecular weight excluding hydrogens is 166 g/mol. The molecule has 0 atom stereocenters. The third-order valence-electron chi connectivity index (χ3n) is 1.73. The molecule has 5 heteroatoms. The Morgan fingerprint density at radius 1 is 1.62 bits per heavy atom. The fraction of sp³-hybridized carbons (Fsp3) is 0.125. The first-order chi connectivity index (χ1) is 6.27. The first kappa shape index (κ1) is 7.72. The summed E-state index contributed by atoms with van der Waals surface area (Å²) in [6.45, 7) is 0. The molecule has 3 N–H and O–H groups in total. The Labute approximate surface area is 74.7 Å².